The average molecular weight is 455 g/mol. The highest BCUT2D eigenvalue weighted by molar-refractivity contribution is 8.01. The first-order valence-corrected chi connectivity index (χ1v) is 11.4. The topological polar surface area (TPSA) is 94.8 Å². The zero-order chi connectivity index (χ0) is 22.0. The summed E-state index contributed by atoms with van der Waals surface area (Å²) < 4.78 is 7.97. The van der Waals surface area contributed by atoms with Crippen molar-refractivity contribution in [1.29, 1.82) is 0 Å². The summed E-state index contributed by atoms with van der Waals surface area (Å²) in [6.45, 7) is 4.00. The number of amides is 1. The first-order chi connectivity index (χ1) is 15.0. The molecule has 3 aromatic heterocycles. The Hall–Kier alpha value is -2.98. The third kappa shape index (κ3) is 4.40. The normalized spacial score (nSPS) is 11.1. The van der Waals surface area contributed by atoms with E-state index in [1.54, 1.807) is 17.3 Å². The molecule has 0 aliphatic rings. The second kappa shape index (κ2) is 9.03. The summed E-state index contributed by atoms with van der Waals surface area (Å²) in [5.41, 5.74) is 6.23. The van der Waals surface area contributed by atoms with E-state index in [9.17, 15) is 4.79 Å². The Bertz CT molecular complexity index is 1240. The van der Waals surface area contributed by atoms with Crippen LogP contribution >= 0.6 is 23.1 Å². The number of nitrogens with zero attached hydrogens (tertiary/aromatic N) is 5. The maximum Gasteiger partial charge on any atom is 0.242 e. The minimum atomic E-state index is -0.0534. The first-order valence-electron chi connectivity index (χ1n) is 9.67. The number of anilines is 1. The first kappa shape index (κ1) is 21.3. The SMILES string of the molecule is COc1nn(C)c2nc(C)c(CCC(=O)Nc3ccccc3Sc3nncs3)c(C)c12. The Kier molecular flexibility index (Phi) is 6.19. The second-order valence-electron chi connectivity index (χ2n) is 6.98. The van der Waals surface area contributed by atoms with E-state index >= 15 is 0 Å². The van der Waals surface area contributed by atoms with Crippen molar-refractivity contribution < 1.29 is 9.53 Å². The average Bonchev–Trinajstić information content (AvgIpc) is 3.37. The highest BCUT2D eigenvalue weighted by atomic mass is 32.2. The maximum atomic E-state index is 12.7. The van der Waals surface area contributed by atoms with E-state index in [1.165, 1.54) is 23.1 Å². The van der Waals surface area contributed by atoms with E-state index in [0.29, 0.717) is 18.7 Å². The number of aromatic nitrogens is 5. The van der Waals surface area contributed by atoms with E-state index in [2.05, 4.69) is 20.6 Å². The van der Waals surface area contributed by atoms with Gasteiger partial charge in [0, 0.05) is 24.1 Å². The van der Waals surface area contributed by atoms with Crippen molar-refractivity contribution in [3.8, 4) is 5.88 Å². The third-order valence-electron chi connectivity index (χ3n) is 5.02. The molecule has 0 bridgehead atoms. The number of nitrogens with one attached hydrogen (secondary N) is 1. The van der Waals surface area contributed by atoms with Crippen molar-refractivity contribution >= 4 is 45.7 Å². The summed E-state index contributed by atoms with van der Waals surface area (Å²) in [4.78, 5) is 18.4. The molecular weight excluding hydrogens is 432 g/mol. The molecule has 0 saturated carbocycles. The van der Waals surface area contributed by atoms with Gasteiger partial charge >= 0.3 is 0 Å². The van der Waals surface area contributed by atoms with E-state index in [-0.39, 0.29) is 5.91 Å². The number of carbonyl (C=O) groups is 1. The van der Waals surface area contributed by atoms with Crippen LogP contribution in [0.5, 0.6) is 5.88 Å². The molecule has 4 rings (SSSR count). The van der Waals surface area contributed by atoms with E-state index in [1.807, 2.05) is 45.2 Å². The lowest BCUT2D eigenvalue weighted by molar-refractivity contribution is -0.116. The quantitative estimate of drug-likeness (QED) is 0.448. The molecule has 0 atom stereocenters. The van der Waals surface area contributed by atoms with Crippen LogP contribution < -0.4 is 10.1 Å². The molecule has 10 heteroatoms. The number of pyridine rings is 1. The molecule has 0 fully saturated rings. The summed E-state index contributed by atoms with van der Waals surface area (Å²) in [7, 11) is 3.45. The minimum Gasteiger partial charge on any atom is -0.479 e. The molecule has 160 valence electrons. The van der Waals surface area contributed by atoms with Crippen LogP contribution in [0.25, 0.3) is 11.0 Å². The Morgan fingerprint density at radius 3 is 2.84 bits per heavy atom. The third-order valence-corrected chi connectivity index (χ3v) is 6.87. The summed E-state index contributed by atoms with van der Waals surface area (Å²) in [6.07, 6.45) is 0.922. The van der Waals surface area contributed by atoms with Crippen molar-refractivity contribution in [2.45, 2.75) is 35.9 Å². The predicted octanol–water partition coefficient (Wildman–Crippen LogP) is 4.17. The molecule has 0 aliphatic carbocycles. The lowest BCUT2D eigenvalue weighted by atomic mass is 10.00. The molecule has 4 aromatic rings. The number of hydrogen-bond acceptors (Lipinski definition) is 8. The van der Waals surface area contributed by atoms with Crippen molar-refractivity contribution in [2.75, 3.05) is 12.4 Å². The van der Waals surface area contributed by atoms with Gasteiger partial charge in [-0.15, -0.1) is 15.3 Å². The zero-order valence-corrected chi connectivity index (χ0v) is 19.3. The number of hydrogen-bond donors (Lipinski definition) is 1. The molecule has 1 N–H and O–H groups in total. The molecular formula is C21H22N6O2S2. The van der Waals surface area contributed by atoms with Gasteiger partial charge < -0.3 is 10.1 Å². The smallest absolute Gasteiger partial charge is 0.242 e. The Balaban J connectivity index is 1.50. The van der Waals surface area contributed by atoms with Crippen LogP contribution in [-0.4, -0.2) is 38.0 Å². The van der Waals surface area contributed by atoms with Gasteiger partial charge in [0.2, 0.25) is 11.8 Å². The highest BCUT2D eigenvalue weighted by Gasteiger charge is 2.19. The van der Waals surface area contributed by atoms with E-state index in [0.717, 1.165) is 42.8 Å². The van der Waals surface area contributed by atoms with Crippen LogP contribution in [-0.2, 0) is 18.3 Å². The molecule has 0 radical (unpaired) electrons. The van der Waals surface area contributed by atoms with Crippen LogP contribution in [0.2, 0.25) is 0 Å². The highest BCUT2D eigenvalue weighted by Crippen LogP contribution is 2.34. The number of benzene rings is 1. The van der Waals surface area contributed by atoms with Gasteiger partial charge in [0.25, 0.3) is 0 Å². The van der Waals surface area contributed by atoms with Crippen LogP contribution in [0.3, 0.4) is 0 Å². The van der Waals surface area contributed by atoms with Gasteiger partial charge in [0.05, 0.1) is 18.2 Å². The fraction of sp³-hybridized carbons (Fsp3) is 0.286. The van der Waals surface area contributed by atoms with Gasteiger partial charge in [-0.05, 0) is 43.5 Å². The Morgan fingerprint density at radius 1 is 1.29 bits per heavy atom. The van der Waals surface area contributed by atoms with Crippen LogP contribution in [0, 0.1) is 13.8 Å². The minimum absolute atomic E-state index is 0.0534. The molecule has 1 amide bonds. The number of para-hydroxylation sites is 1. The molecule has 3 heterocycles. The number of carbonyl (C=O) groups excluding carboxylic acids is 1. The Morgan fingerprint density at radius 2 is 2.10 bits per heavy atom. The lowest BCUT2D eigenvalue weighted by Gasteiger charge is -2.12. The van der Waals surface area contributed by atoms with Crippen molar-refractivity contribution in [1.82, 2.24) is 25.0 Å². The van der Waals surface area contributed by atoms with Crippen LogP contribution in [0.1, 0.15) is 23.2 Å². The van der Waals surface area contributed by atoms with E-state index < -0.39 is 0 Å². The summed E-state index contributed by atoms with van der Waals surface area (Å²) in [5.74, 6) is 0.498. The van der Waals surface area contributed by atoms with Gasteiger partial charge in [-0.25, -0.2) is 9.67 Å². The van der Waals surface area contributed by atoms with Crippen molar-refractivity contribution in [3.05, 3.63) is 46.6 Å². The fourth-order valence-corrected chi connectivity index (χ4v) is 5.04. The number of rotatable bonds is 7. The maximum absolute atomic E-state index is 12.7. The summed E-state index contributed by atoms with van der Waals surface area (Å²) in [5, 5.41) is 16.2. The predicted molar refractivity (Wildman–Crippen MR) is 122 cm³/mol. The molecule has 0 saturated heterocycles. The monoisotopic (exact) mass is 454 g/mol. The molecule has 0 unspecified atom stereocenters. The van der Waals surface area contributed by atoms with Gasteiger partial charge in [-0.3, -0.25) is 4.79 Å². The van der Waals surface area contributed by atoms with Crippen LogP contribution in [0.15, 0.2) is 39.0 Å². The van der Waals surface area contributed by atoms with Gasteiger partial charge in [-0.1, -0.05) is 35.2 Å². The van der Waals surface area contributed by atoms with Gasteiger partial charge in [0.15, 0.2) is 9.99 Å². The standard InChI is InChI=1S/C21H22N6O2S2/c1-12-14(13(2)23-19-18(12)20(29-4)26-27(19)3)9-10-17(28)24-15-7-5-6-8-16(15)31-21-25-22-11-30-21/h5-8,11H,9-10H2,1-4H3,(H,24,28). The lowest BCUT2D eigenvalue weighted by Crippen LogP contribution is -2.14. The van der Waals surface area contributed by atoms with Gasteiger partial charge in [-0.2, -0.15) is 0 Å². The molecule has 8 nitrogen and oxygen atoms in total. The Labute approximate surface area is 188 Å². The number of methoxy groups -OCH3 is 1. The zero-order valence-electron chi connectivity index (χ0n) is 17.7. The van der Waals surface area contributed by atoms with Crippen molar-refractivity contribution in [3.63, 3.8) is 0 Å². The summed E-state index contributed by atoms with van der Waals surface area (Å²) in [6, 6.07) is 7.70. The summed E-state index contributed by atoms with van der Waals surface area (Å²) >= 11 is 2.95. The van der Waals surface area contributed by atoms with Gasteiger partial charge in [0.1, 0.15) is 5.51 Å². The molecule has 0 spiro atoms. The molecule has 31 heavy (non-hydrogen) atoms. The number of ether oxygens (including phenoxy) is 1. The molecule has 1 aromatic carbocycles. The van der Waals surface area contributed by atoms with Crippen molar-refractivity contribution in [2.24, 2.45) is 7.05 Å². The number of aryl methyl sites for hydroxylation is 3. The molecule has 0 aliphatic heterocycles. The largest absolute Gasteiger partial charge is 0.479 e. The van der Waals surface area contributed by atoms with E-state index in [4.69, 9.17) is 9.72 Å². The number of fused-ring (bicyclic) bond motifs is 1. The second-order valence-corrected chi connectivity index (χ2v) is 9.11. The van der Waals surface area contributed by atoms with Crippen LogP contribution in [0.4, 0.5) is 5.69 Å². The fourth-order valence-electron chi connectivity index (χ4n) is 3.52.